The first-order valence-electron chi connectivity index (χ1n) is 10.7. The van der Waals surface area contributed by atoms with E-state index < -0.39 is 0 Å². The van der Waals surface area contributed by atoms with E-state index in [1.807, 2.05) is 0 Å². The van der Waals surface area contributed by atoms with Crippen LogP contribution in [0.2, 0.25) is 0 Å². The van der Waals surface area contributed by atoms with Gasteiger partial charge in [0.2, 0.25) is 0 Å². The monoisotopic (exact) mass is 375 g/mol. The van der Waals surface area contributed by atoms with Crippen LogP contribution in [-0.2, 0) is 12.8 Å². The van der Waals surface area contributed by atoms with E-state index in [0.29, 0.717) is 6.04 Å². The molecule has 2 aromatic carbocycles. The number of fused-ring (bicyclic) bond motifs is 3. The second kappa shape index (κ2) is 8.10. The van der Waals surface area contributed by atoms with Crippen LogP contribution in [0.1, 0.15) is 49.0 Å². The van der Waals surface area contributed by atoms with Crippen LogP contribution in [0.3, 0.4) is 0 Å². The normalized spacial score (nSPS) is 18.9. The molecule has 3 nitrogen and oxygen atoms in total. The standard InChI is InChI=1S/C25H33N3/c1-4-25(28(2)3,18-19-10-6-5-7-11-19)16-14-23-24-21(15-17-26-23)20-12-8-9-13-22(20)27-24/h5-13,23,26-27H,4,14-18H2,1-3H3. The highest BCUT2D eigenvalue weighted by Gasteiger charge is 2.33. The van der Waals surface area contributed by atoms with Crippen LogP contribution in [0.15, 0.2) is 54.6 Å². The first-order chi connectivity index (χ1) is 13.6. The molecule has 0 bridgehead atoms. The largest absolute Gasteiger partial charge is 0.357 e. The summed E-state index contributed by atoms with van der Waals surface area (Å²) < 4.78 is 0. The van der Waals surface area contributed by atoms with Gasteiger partial charge in [0.05, 0.1) is 0 Å². The highest BCUT2D eigenvalue weighted by atomic mass is 15.1. The molecule has 0 saturated carbocycles. The van der Waals surface area contributed by atoms with Gasteiger partial charge in [0.25, 0.3) is 0 Å². The maximum atomic E-state index is 3.79. The van der Waals surface area contributed by atoms with Crippen molar-refractivity contribution in [2.75, 3.05) is 20.6 Å². The van der Waals surface area contributed by atoms with Gasteiger partial charge in [-0.15, -0.1) is 0 Å². The number of rotatable bonds is 7. The fourth-order valence-electron chi connectivity index (χ4n) is 4.98. The molecular formula is C25H33N3. The van der Waals surface area contributed by atoms with Gasteiger partial charge in [-0.3, -0.25) is 0 Å². The van der Waals surface area contributed by atoms with E-state index in [1.54, 1.807) is 0 Å². The topological polar surface area (TPSA) is 31.1 Å². The third kappa shape index (κ3) is 3.61. The van der Waals surface area contributed by atoms with E-state index in [2.05, 4.69) is 90.8 Å². The summed E-state index contributed by atoms with van der Waals surface area (Å²) in [5.74, 6) is 0. The zero-order chi connectivity index (χ0) is 19.6. The third-order valence-corrected chi connectivity index (χ3v) is 6.84. The molecular weight excluding hydrogens is 342 g/mol. The number of benzene rings is 2. The molecule has 0 amide bonds. The molecule has 28 heavy (non-hydrogen) atoms. The third-order valence-electron chi connectivity index (χ3n) is 6.84. The highest BCUT2D eigenvalue weighted by molar-refractivity contribution is 5.85. The van der Waals surface area contributed by atoms with Crippen molar-refractivity contribution in [3.63, 3.8) is 0 Å². The smallest absolute Gasteiger partial charge is 0.0476 e. The molecule has 0 aliphatic carbocycles. The Kier molecular flexibility index (Phi) is 5.56. The quantitative estimate of drug-likeness (QED) is 0.603. The van der Waals surface area contributed by atoms with Gasteiger partial charge in [-0.25, -0.2) is 0 Å². The fraction of sp³-hybridized carbons (Fsp3) is 0.440. The number of para-hydroxylation sites is 1. The van der Waals surface area contributed by atoms with Gasteiger partial charge in [-0.1, -0.05) is 55.5 Å². The number of hydrogen-bond acceptors (Lipinski definition) is 2. The number of aromatic amines is 1. The molecule has 0 saturated heterocycles. The highest BCUT2D eigenvalue weighted by Crippen LogP contribution is 2.36. The lowest BCUT2D eigenvalue weighted by atomic mass is 9.81. The first-order valence-corrected chi connectivity index (χ1v) is 10.7. The molecule has 2 heterocycles. The molecule has 2 N–H and O–H groups in total. The zero-order valence-electron chi connectivity index (χ0n) is 17.5. The van der Waals surface area contributed by atoms with Crippen molar-refractivity contribution in [2.45, 2.75) is 50.6 Å². The molecule has 1 aromatic heterocycles. The van der Waals surface area contributed by atoms with E-state index >= 15 is 0 Å². The molecule has 3 aromatic rings. The van der Waals surface area contributed by atoms with Gasteiger partial charge in [-0.2, -0.15) is 0 Å². The van der Waals surface area contributed by atoms with Gasteiger partial charge in [0.15, 0.2) is 0 Å². The fourth-order valence-corrected chi connectivity index (χ4v) is 4.98. The summed E-state index contributed by atoms with van der Waals surface area (Å²) in [6.07, 6.45) is 5.70. The predicted octanol–water partition coefficient (Wildman–Crippen LogP) is 5.09. The maximum absolute atomic E-state index is 3.79. The van der Waals surface area contributed by atoms with Crippen molar-refractivity contribution in [1.82, 2.24) is 15.2 Å². The van der Waals surface area contributed by atoms with Crippen LogP contribution in [-0.4, -0.2) is 36.1 Å². The summed E-state index contributed by atoms with van der Waals surface area (Å²) in [5.41, 5.74) is 5.83. The average molecular weight is 376 g/mol. The van der Waals surface area contributed by atoms with Crippen LogP contribution >= 0.6 is 0 Å². The van der Waals surface area contributed by atoms with Crippen molar-refractivity contribution < 1.29 is 0 Å². The van der Waals surface area contributed by atoms with Crippen molar-refractivity contribution in [3.8, 4) is 0 Å². The number of H-pyrrole nitrogens is 1. The molecule has 3 heteroatoms. The Bertz CT molecular complexity index is 912. The maximum Gasteiger partial charge on any atom is 0.0476 e. The minimum atomic E-state index is 0.187. The summed E-state index contributed by atoms with van der Waals surface area (Å²) in [4.78, 5) is 6.18. The molecule has 2 atom stereocenters. The van der Waals surface area contributed by atoms with E-state index in [1.165, 1.54) is 34.1 Å². The molecule has 0 spiro atoms. The van der Waals surface area contributed by atoms with Gasteiger partial charge < -0.3 is 15.2 Å². The molecule has 1 aliphatic rings. The lowest BCUT2D eigenvalue weighted by Crippen LogP contribution is -2.46. The van der Waals surface area contributed by atoms with Gasteiger partial charge in [-0.05, 0) is 69.9 Å². The Balaban J connectivity index is 1.57. The summed E-state index contributed by atoms with van der Waals surface area (Å²) >= 11 is 0. The molecule has 148 valence electrons. The number of likely N-dealkylation sites (N-methyl/N-ethyl adjacent to an activating group) is 1. The van der Waals surface area contributed by atoms with Crippen molar-refractivity contribution in [2.24, 2.45) is 0 Å². The zero-order valence-corrected chi connectivity index (χ0v) is 17.5. The minimum Gasteiger partial charge on any atom is -0.357 e. The molecule has 4 rings (SSSR count). The van der Waals surface area contributed by atoms with E-state index in [0.717, 1.165) is 32.2 Å². The second-order valence-electron chi connectivity index (χ2n) is 8.49. The predicted molar refractivity (Wildman–Crippen MR) is 119 cm³/mol. The van der Waals surface area contributed by atoms with Crippen molar-refractivity contribution >= 4 is 10.9 Å². The Labute approximate surface area is 169 Å². The lowest BCUT2D eigenvalue weighted by Gasteiger charge is -2.41. The summed E-state index contributed by atoms with van der Waals surface area (Å²) in [5, 5.41) is 5.19. The first kappa shape index (κ1) is 19.2. The Morgan fingerprint density at radius 1 is 1.04 bits per heavy atom. The SMILES string of the molecule is CCC(CCC1NCCc2c1[nH]c1ccccc21)(Cc1ccccc1)N(C)C. The van der Waals surface area contributed by atoms with Crippen molar-refractivity contribution in [3.05, 3.63) is 71.4 Å². The summed E-state index contributed by atoms with van der Waals surface area (Å²) in [7, 11) is 4.49. The second-order valence-corrected chi connectivity index (χ2v) is 8.49. The molecule has 0 radical (unpaired) electrons. The number of aromatic nitrogens is 1. The average Bonchev–Trinajstić information content (AvgIpc) is 3.11. The Morgan fingerprint density at radius 3 is 2.54 bits per heavy atom. The number of nitrogens with one attached hydrogen (secondary N) is 2. The minimum absolute atomic E-state index is 0.187. The van der Waals surface area contributed by atoms with Crippen LogP contribution in [0.4, 0.5) is 0 Å². The summed E-state index contributed by atoms with van der Waals surface area (Å²) in [6, 6.07) is 20.1. The van der Waals surface area contributed by atoms with Crippen LogP contribution < -0.4 is 5.32 Å². The van der Waals surface area contributed by atoms with Crippen LogP contribution in [0.25, 0.3) is 10.9 Å². The Morgan fingerprint density at radius 2 is 1.79 bits per heavy atom. The van der Waals surface area contributed by atoms with Gasteiger partial charge in [0, 0.05) is 28.2 Å². The van der Waals surface area contributed by atoms with Gasteiger partial charge in [0.1, 0.15) is 0 Å². The van der Waals surface area contributed by atoms with Crippen molar-refractivity contribution in [1.29, 1.82) is 0 Å². The van der Waals surface area contributed by atoms with Crippen LogP contribution in [0, 0.1) is 0 Å². The van der Waals surface area contributed by atoms with E-state index in [9.17, 15) is 0 Å². The van der Waals surface area contributed by atoms with E-state index in [-0.39, 0.29) is 5.54 Å². The van der Waals surface area contributed by atoms with E-state index in [4.69, 9.17) is 0 Å². The Hall–Kier alpha value is -2.10. The summed E-state index contributed by atoms with van der Waals surface area (Å²) in [6.45, 7) is 3.41. The number of hydrogen-bond donors (Lipinski definition) is 2. The number of nitrogens with zero attached hydrogens (tertiary/aromatic N) is 1. The van der Waals surface area contributed by atoms with Gasteiger partial charge >= 0.3 is 0 Å². The molecule has 1 aliphatic heterocycles. The van der Waals surface area contributed by atoms with Crippen LogP contribution in [0.5, 0.6) is 0 Å². The molecule has 2 unspecified atom stereocenters. The molecule has 0 fully saturated rings. The lowest BCUT2D eigenvalue weighted by molar-refractivity contribution is 0.124.